The molecule has 0 radical (unpaired) electrons. The van der Waals surface area contributed by atoms with Crippen molar-refractivity contribution in [3.05, 3.63) is 29.6 Å². The lowest BCUT2D eigenvalue weighted by molar-refractivity contribution is 0.0511. The monoisotopic (exact) mass is 310 g/mol. The van der Waals surface area contributed by atoms with Gasteiger partial charge in [-0.3, -0.25) is 4.79 Å². The number of carbonyl (C=O) groups excluding carboxylic acids is 1. The zero-order chi connectivity index (χ0) is 16.0. The summed E-state index contributed by atoms with van der Waals surface area (Å²) in [7, 11) is 3.13. The number of carbonyl (C=O) groups is 1. The molecule has 0 atom stereocenters. The highest BCUT2D eigenvalue weighted by molar-refractivity contribution is 5.96. The van der Waals surface area contributed by atoms with E-state index >= 15 is 0 Å². The van der Waals surface area contributed by atoms with Crippen LogP contribution in [0.15, 0.2) is 18.2 Å². The van der Waals surface area contributed by atoms with Gasteiger partial charge in [0.2, 0.25) is 0 Å². The van der Waals surface area contributed by atoms with Gasteiger partial charge in [-0.05, 0) is 44.1 Å². The number of halogens is 1. The van der Waals surface area contributed by atoms with Crippen LogP contribution in [-0.4, -0.2) is 46.4 Å². The maximum Gasteiger partial charge on any atom is 0.255 e. The third kappa shape index (κ3) is 3.96. The number of hydrogen-bond acceptors (Lipinski definition) is 4. The molecule has 1 saturated heterocycles. The standard InChI is InChI=1S/C16H23FN2O3/c1-21-11-16(5-7-18-8-6-16)10-19-15(20)13-9-12(17)3-4-14(13)22-2/h3-4,9,18H,5-8,10-11H2,1-2H3,(H,19,20). The van der Waals surface area contributed by atoms with E-state index in [4.69, 9.17) is 9.47 Å². The molecular weight excluding hydrogens is 287 g/mol. The lowest BCUT2D eigenvalue weighted by Gasteiger charge is -2.37. The van der Waals surface area contributed by atoms with Crippen molar-refractivity contribution in [2.24, 2.45) is 5.41 Å². The minimum absolute atomic E-state index is 0.0732. The summed E-state index contributed by atoms with van der Waals surface area (Å²) in [6, 6.07) is 3.92. The largest absolute Gasteiger partial charge is 0.496 e. The van der Waals surface area contributed by atoms with Crippen LogP contribution in [0.4, 0.5) is 4.39 Å². The second kappa shape index (κ2) is 7.56. The average molecular weight is 310 g/mol. The van der Waals surface area contributed by atoms with Crippen molar-refractivity contribution < 1.29 is 18.7 Å². The molecule has 0 saturated carbocycles. The van der Waals surface area contributed by atoms with E-state index in [1.807, 2.05) is 0 Å². The highest BCUT2D eigenvalue weighted by atomic mass is 19.1. The molecule has 1 aromatic rings. The number of hydrogen-bond donors (Lipinski definition) is 2. The van der Waals surface area contributed by atoms with Crippen LogP contribution in [-0.2, 0) is 4.74 Å². The van der Waals surface area contributed by atoms with Crippen LogP contribution in [0.1, 0.15) is 23.2 Å². The van der Waals surface area contributed by atoms with Gasteiger partial charge in [0.25, 0.3) is 5.91 Å². The molecule has 5 nitrogen and oxygen atoms in total. The first kappa shape index (κ1) is 16.7. The quantitative estimate of drug-likeness (QED) is 0.837. The maximum atomic E-state index is 13.4. The van der Waals surface area contributed by atoms with Gasteiger partial charge in [-0.25, -0.2) is 4.39 Å². The Labute approximate surface area is 130 Å². The summed E-state index contributed by atoms with van der Waals surface area (Å²) >= 11 is 0. The number of amides is 1. The van der Waals surface area contributed by atoms with Crippen LogP contribution in [0.2, 0.25) is 0 Å². The molecule has 1 heterocycles. The van der Waals surface area contributed by atoms with Crippen LogP contribution in [0.3, 0.4) is 0 Å². The Morgan fingerprint density at radius 2 is 2.09 bits per heavy atom. The molecular formula is C16H23FN2O3. The minimum atomic E-state index is -0.459. The molecule has 0 unspecified atom stereocenters. The fraction of sp³-hybridized carbons (Fsp3) is 0.562. The highest BCUT2D eigenvalue weighted by Gasteiger charge is 2.32. The Morgan fingerprint density at radius 3 is 2.73 bits per heavy atom. The number of ether oxygens (including phenoxy) is 2. The van der Waals surface area contributed by atoms with Gasteiger partial charge in [-0.1, -0.05) is 0 Å². The van der Waals surface area contributed by atoms with E-state index in [1.54, 1.807) is 7.11 Å². The van der Waals surface area contributed by atoms with Gasteiger partial charge in [0.1, 0.15) is 11.6 Å². The molecule has 122 valence electrons. The Bertz CT molecular complexity index is 511. The van der Waals surface area contributed by atoms with E-state index in [-0.39, 0.29) is 16.9 Å². The van der Waals surface area contributed by atoms with Crippen LogP contribution >= 0.6 is 0 Å². The summed E-state index contributed by atoms with van der Waals surface area (Å²) in [5.74, 6) is -0.421. The molecule has 1 aliphatic heterocycles. The molecule has 0 aliphatic carbocycles. The Balaban J connectivity index is 2.06. The summed E-state index contributed by atoms with van der Waals surface area (Å²) in [6.07, 6.45) is 1.86. The second-order valence-corrected chi connectivity index (χ2v) is 5.71. The van der Waals surface area contributed by atoms with Gasteiger partial charge in [0.05, 0.1) is 19.3 Å². The van der Waals surface area contributed by atoms with E-state index in [2.05, 4.69) is 10.6 Å². The summed E-state index contributed by atoms with van der Waals surface area (Å²) in [6.45, 7) is 2.90. The molecule has 0 spiro atoms. The van der Waals surface area contributed by atoms with Crippen molar-refractivity contribution in [3.8, 4) is 5.75 Å². The van der Waals surface area contributed by atoms with Gasteiger partial charge in [-0.15, -0.1) is 0 Å². The van der Waals surface area contributed by atoms with Crippen molar-refractivity contribution in [2.75, 3.05) is 40.5 Å². The fourth-order valence-corrected chi connectivity index (χ4v) is 2.86. The third-order valence-electron chi connectivity index (χ3n) is 4.14. The van der Waals surface area contributed by atoms with Gasteiger partial charge in [0, 0.05) is 19.1 Å². The first-order chi connectivity index (χ1) is 10.6. The average Bonchev–Trinajstić information content (AvgIpc) is 2.54. The molecule has 2 rings (SSSR count). The van der Waals surface area contributed by atoms with Gasteiger partial charge in [0.15, 0.2) is 0 Å². The van der Waals surface area contributed by atoms with E-state index < -0.39 is 5.82 Å². The number of methoxy groups -OCH3 is 2. The predicted molar refractivity (Wildman–Crippen MR) is 81.7 cm³/mol. The maximum absolute atomic E-state index is 13.4. The van der Waals surface area contributed by atoms with Gasteiger partial charge in [-0.2, -0.15) is 0 Å². The van der Waals surface area contributed by atoms with Crippen molar-refractivity contribution >= 4 is 5.91 Å². The minimum Gasteiger partial charge on any atom is -0.496 e. The third-order valence-corrected chi connectivity index (χ3v) is 4.14. The highest BCUT2D eigenvalue weighted by Crippen LogP contribution is 2.28. The lowest BCUT2D eigenvalue weighted by Crippen LogP contribution is -2.47. The lowest BCUT2D eigenvalue weighted by atomic mass is 9.79. The van der Waals surface area contributed by atoms with Gasteiger partial charge < -0.3 is 20.1 Å². The number of benzene rings is 1. The Hall–Kier alpha value is -1.66. The van der Waals surface area contributed by atoms with Crippen molar-refractivity contribution in [1.29, 1.82) is 0 Å². The Kier molecular flexibility index (Phi) is 5.74. The topological polar surface area (TPSA) is 59.6 Å². The number of nitrogens with one attached hydrogen (secondary N) is 2. The molecule has 6 heteroatoms. The van der Waals surface area contributed by atoms with E-state index in [9.17, 15) is 9.18 Å². The summed E-state index contributed by atoms with van der Waals surface area (Å²) in [5.41, 5.74) is 0.139. The summed E-state index contributed by atoms with van der Waals surface area (Å²) in [5, 5.41) is 6.21. The molecule has 0 aromatic heterocycles. The van der Waals surface area contributed by atoms with Crippen LogP contribution < -0.4 is 15.4 Å². The summed E-state index contributed by atoms with van der Waals surface area (Å²) < 4.78 is 23.8. The molecule has 0 bridgehead atoms. The first-order valence-electron chi connectivity index (χ1n) is 7.42. The van der Waals surface area contributed by atoms with Crippen molar-refractivity contribution in [1.82, 2.24) is 10.6 Å². The SMILES string of the molecule is COCC1(CNC(=O)c2cc(F)ccc2OC)CCNCC1. The molecule has 22 heavy (non-hydrogen) atoms. The normalized spacial score (nSPS) is 17.0. The van der Waals surface area contributed by atoms with Crippen LogP contribution in [0, 0.1) is 11.2 Å². The molecule has 1 aromatic carbocycles. The summed E-state index contributed by atoms with van der Waals surface area (Å²) in [4.78, 5) is 12.4. The fourth-order valence-electron chi connectivity index (χ4n) is 2.86. The van der Waals surface area contributed by atoms with Crippen molar-refractivity contribution in [2.45, 2.75) is 12.8 Å². The second-order valence-electron chi connectivity index (χ2n) is 5.71. The molecule has 1 amide bonds. The van der Waals surface area contributed by atoms with Gasteiger partial charge >= 0.3 is 0 Å². The molecule has 1 fully saturated rings. The molecule has 2 N–H and O–H groups in total. The zero-order valence-electron chi connectivity index (χ0n) is 13.1. The number of piperidine rings is 1. The van der Waals surface area contributed by atoms with Crippen LogP contribution in [0.25, 0.3) is 0 Å². The molecule has 1 aliphatic rings. The van der Waals surface area contributed by atoms with E-state index in [0.29, 0.717) is 18.9 Å². The van der Waals surface area contributed by atoms with E-state index in [1.165, 1.54) is 25.3 Å². The van der Waals surface area contributed by atoms with Crippen molar-refractivity contribution in [3.63, 3.8) is 0 Å². The number of rotatable bonds is 6. The Morgan fingerprint density at radius 1 is 1.36 bits per heavy atom. The van der Waals surface area contributed by atoms with E-state index in [0.717, 1.165) is 25.9 Å². The van der Waals surface area contributed by atoms with Crippen LogP contribution in [0.5, 0.6) is 5.75 Å². The first-order valence-corrected chi connectivity index (χ1v) is 7.42. The smallest absolute Gasteiger partial charge is 0.255 e. The zero-order valence-corrected chi connectivity index (χ0v) is 13.1. The predicted octanol–water partition coefficient (Wildman–Crippen LogP) is 1.58.